The number of hydrogen-bond donors (Lipinski definition) is 3. The quantitative estimate of drug-likeness (QED) is 0.134. The molecule has 14 nitrogen and oxygen atoms in total. The Morgan fingerprint density at radius 2 is 1.47 bits per heavy atom. The van der Waals surface area contributed by atoms with E-state index in [2.05, 4.69) is 16.0 Å². The fourth-order valence-corrected chi connectivity index (χ4v) is 8.45. The average Bonchev–Trinajstić information content (AvgIpc) is 3.68. The highest BCUT2D eigenvalue weighted by atomic mass is 16.5. The van der Waals surface area contributed by atoms with E-state index in [9.17, 15) is 24.0 Å². The van der Waals surface area contributed by atoms with Gasteiger partial charge in [-0.05, 0) is 71.1 Å². The molecule has 0 saturated carbocycles. The van der Waals surface area contributed by atoms with E-state index in [1.54, 1.807) is 38.0 Å². The van der Waals surface area contributed by atoms with Crippen molar-refractivity contribution in [3.8, 4) is 0 Å². The Kier molecular flexibility index (Phi) is 22.2. The Balaban J connectivity index is 2.31. The van der Waals surface area contributed by atoms with Gasteiger partial charge in [0.15, 0.2) is 0 Å². The number of amides is 5. The SMILES string of the molecule is CCC(C)[C@@H]([C@@H](CC(=O)N1CCC[C@H]1[C@H](OC)[C@@H](C)C(=O)N[C@@H](Cc1ccccc1)C(=O)NCCN(C)C)OC)N(C)C(=O)[C@@H](NC(=O)[C@H](C(C)C)N(C)C(C)C)C(C)C. The van der Waals surface area contributed by atoms with Gasteiger partial charge in [0.25, 0.3) is 0 Å². The van der Waals surface area contributed by atoms with Crippen molar-refractivity contribution >= 4 is 29.5 Å². The van der Waals surface area contributed by atoms with Crippen molar-refractivity contribution in [2.24, 2.45) is 23.7 Å². The van der Waals surface area contributed by atoms with Crippen LogP contribution in [-0.4, -0.2) is 160 Å². The Morgan fingerprint density at radius 3 is 1.98 bits per heavy atom. The van der Waals surface area contributed by atoms with Gasteiger partial charge in [-0.2, -0.15) is 0 Å². The lowest BCUT2D eigenvalue weighted by Gasteiger charge is -2.41. The Labute approximate surface area is 362 Å². The van der Waals surface area contributed by atoms with Crippen molar-refractivity contribution in [1.82, 2.24) is 35.6 Å². The number of benzene rings is 1. The zero-order valence-corrected chi connectivity index (χ0v) is 39.6. The van der Waals surface area contributed by atoms with Gasteiger partial charge in [0.1, 0.15) is 12.1 Å². The first-order valence-corrected chi connectivity index (χ1v) is 22.1. The molecule has 1 aliphatic rings. The van der Waals surface area contributed by atoms with Crippen LogP contribution in [0.2, 0.25) is 0 Å². The molecule has 3 N–H and O–H groups in total. The molecule has 14 heteroatoms. The number of nitrogens with one attached hydrogen (secondary N) is 3. The van der Waals surface area contributed by atoms with Crippen LogP contribution in [0.1, 0.15) is 93.6 Å². The lowest BCUT2D eigenvalue weighted by molar-refractivity contribution is -0.148. The van der Waals surface area contributed by atoms with Gasteiger partial charge in [-0.25, -0.2) is 0 Å². The van der Waals surface area contributed by atoms with E-state index in [1.165, 1.54) is 0 Å². The lowest BCUT2D eigenvalue weighted by Crippen LogP contribution is -2.60. The van der Waals surface area contributed by atoms with Crippen LogP contribution in [0.3, 0.4) is 0 Å². The molecule has 1 saturated heterocycles. The monoisotopic (exact) mass is 844 g/mol. The predicted octanol–water partition coefficient (Wildman–Crippen LogP) is 3.82. The number of carbonyl (C=O) groups excluding carboxylic acids is 5. The molecule has 0 spiro atoms. The van der Waals surface area contributed by atoms with Crippen molar-refractivity contribution < 1.29 is 33.4 Å². The van der Waals surface area contributed by atoms with Crippen molar-refractivity contribution in [1.29, 1.82) is 0 Å². The molecular weight excluding hydrogens is 763 g/mol. The summed E-state index contributed by atoms with van der Waals surface area (Å²) >= 11 is 0. The number of carbonyl (C=O) groups is 5. The van der Waals surface area contributed by atoms with Crippen molar-refractivity contribution in [3.05, 3.63) is 35.9 Å². The smallest absolute Gasteiger partial charge is 0.245 e. The van der Waals surface area contributed by atoms with Crippen molar-refractivity contribution in [2.75, 3.05) is 62.0 Å². The molecule has 5 amide bonds. The van der Waals surface area contributed by atoms with E-state index in [0.29, 0.717) is 32.5 Å². The van der Waals surface area contributed by atoms with Gasteiger partial charge in [0, 0.05) is 53.4 Å². The van der Waals surface area contributed by atoms with Crippen LogP contribution in [0, 0.1) is 23.7 Å². The highest BCUT2D eigenvalue weighted by Gasteiger charge is 2.43. The molecule has 1 aliphatic heterocycles. The van der Waals surface area contributed by atoms with E-state index in [0.717, 1.165) is 18.4 Å². The van der Waals surface area contributed by atoms with Crippen LogP contribution in [0.25, 0.3) is 0 Å². The predicted molar refractivity (Wildman–Crippen MR) is 238 cm³/mol. The number of nitrogens with zero attached hydrogens (tertiary/aromatic N) is 4. The molecule has 1 heterocycles. The minimum atomic E-state index is -0.801. The summed E-state index contributed by atoms with van der Waals surface area (Å²) in [5.41, 5.74) is 0.920. The lowest BCUT2D eigenvalue weighted by atomic mass is 9.89. The van der Waals surface area contributed by atoms with E-state index in [-0.39, 0.29) is 65.8 Å². The molecule has 2 rings (SSSR count). The van der Waals surface area contributed by atoms with Crippen LogP contribution in [0.15, 0.2) is 30.3 Å². The summed E-state index contributed by atoms with van der Waals surface area (Å²) in [5.74, 6) is -2.06. The van der Waals surface area contributed by atoms with Crippen molar-refractivity contribution in [2.45, 2.75) is 143 Å². The minimum absolute atomic E-state index is 0.0101. The number of methoxy groups -OCH3 is 2. The Hall–Kier alpha value is -3.59. The van der Waals surface area contributed by atoms with Crippen LogP contribution >= 0.6 is 0 Å². The van der Waals surface area contributed by atoms with Crippen molar-refractivity contribution in [3.63, 3.8) is 0 Å². The van der Waals surface area contributed by atoms with Crippen LogP contribution in [0.4, 0.5) is 0 Å². The summed E-state index contributed by atoms with van der Waals surface area (Å²) < 4.78 is 12.1. The van der Waals surface area contributed by atoms with Gasteiger partial charge < -0.3 is 40.1 Å². The maximum Gasteiger partial charge on any atom is 0.245 e. The number of likely N-dealkylation sites (N-methyl/N-ethyl adjacent to an activating group) is 3. The van der Waals surface area contributed by atoms with Gasteiger partial charge in [0.05, 0.1) is 42.7 Å². The number of hydrogen-bond acceptors (Lipinski definition) is 9. The second-order valence-corrected chi connectivity index (χ2v) is 18.1. The summed E-state index contributed by atoms with van der Waals surface area (Å²) in [6.07, 6.45) is 1.16. The van der Waals surface area contributed by atoms with Gasteiger partial charge in [0.2, 0.25) is 29.5 Å². The molecule has 9 atom stereocenters. The van der Waals surface area contributed by atoms with Gasteiger partial charge in [-0.15, -0.1) is 0 Å². The maximum atomic E-state index is 14.4. The Morgan fingerprint density at radius 1 is 0.833 bits per heavy atom. The number of ether oxygens (including phenoxy) is 2. The zero-order valence-electron chi connectivity index (χ0n) is 39.6. The molecule has 1 unspecified atom stereocenters. The van der Waals surface area contributed by atoms with E-state index < -0.39 is 42.3 Å². The Bertz CT molecular complexity index is 1490. The summed E-state index contributed by atoms with van der Waals surface area (Å²) in [6, 6.07) is 6.86. The molecule has 0 aliphatic carbocycles. The largest absolute Gasteiger partial charge is 0.379 e. The van der Waals surface area contributed by atoms with E-state index in [1.807, 2.05) is 117 Å². The fourth-order valence-electron chi connectivity index (χ4n) is 8.45. The summed E-state index contributed by atoms with van der Waals surface area (Å²) in [6.45, 7) is 19.4. The van der Waals surface area contributed by atoms with E-state index in [4.69, 9.17) is 9.47 Å². The molecule has 342 valence electrons. The highest BCUT2D eigenvalue weighted by Crippen LogP contribution is 2.30. The number of likely N-dealkylation sites (tertiary alicyclic amines) is 1. The third-order valence-electron chi connectivity index (χ3n) is 12.4. The third-order valence-corrected chi connectivity index (χ3v) is 12.4. The molecule has 0 bridgehead atoms. The standard InChI is InChI=1S/C46H81N7O7/c1-16-32(8)41(52(13)46(58)39(29(2)3)49-45(57)40(30(4)5)51(12)31(6)7)37(59-14)28-38(54)53-25-20-23-36(53)42(60-15)33(9)43(55)48-35(27-34-21-18-17-19-22-34)44(56)47-24-26-50(10)11/h17-19,21-22,29-33,35-37,39-42H,16,20,23-28H2,1-15H3,(H,47,56)(H,48,55)(H,49,57)/t32?,33-,35+,36+,37-,39+,40+,41+,42-/m1/s1. The van der Waals surface area contributed by atoms with Crippen LogP contribution < -0.4 is 16.0 Å². The minimum Gasteiger partial charge on any atom is -0.379 e. The highest BCUT2D eigenvalue weighted by molar-refractivity contribution is 5.91. The van der Waals surface area contributed by atoms with E-state index >= 15 is 0 Å². The number of rotatable bonds is 25. The molecule has 60 heavy (non-hydrogen) atoms. The van der Waals surface area contributed by atoms with Crippen LogP contribution in [-0.2, 0) is 39.9 Å². The first kappa shape index (κ1) is 52.5. The normalized spacial score (nSPS) is 18.5. The molecule has 1 aromatic carbocycles. The van der Waals surface area contributed by atoms with Gasteiger partial charge in [-0.1, -0.05) is 85.2 Å². The first-order chi connectivity index (χ1) is 28.2. The first-order valence-electron chi connectivity index (χ1n) is 22.1. The molecular formula is C46H81N7O7. The van der Waals surface area contributed by atoms with Gasteiger partial charge >= 0.3 is 0 Å². The average molecular weight is 844 g/mol. The topological polar surface area (TPSA) is 153 Å². The summed E-state index contributed by atoms with van der Waals surface area (Å²) in [4.78, 5) is 77.4. The van der Waals surface area contributed by atoms with Gasteiger partial charge in [-0.3, -0.25) is 28.9 Å². The second kappa shape index (κ2) is 25.4. The second-order valence-electron chi connectivity index (χ2n) is 18.1. The molecule has 1 fully saturated rings. The fraction of sp³-hybridized carbons (Fsp3) is 0.761. The molecule has 1 aromatic rings. The third kappa shape index (κ3) is 14.8. The van der Waals surface area contributed by atoms with Crippen LogP contribution in [0.5, 0.6) is 0 Å². The molecule has 0 aromatic heterocycles. The maximum absolute atomic E-state index is 14.4. The summed E-state index contributed by atoms with van der Waals surface area (Å²) in [5, 5.41) is 9.06. The molecule has 0 radical (unpaired) electrons. The summed E-state index contributed by atoms with van der Waals surface area (Å²) in [7, 11) is 10.6. The zero-order chi connectivity index (χ0) is 45.4.